The number of hydrogen-bond acceptors (Lipinski definition) is 3. The van der Waals surface area contributed by atoms with Gasteiger partial charge in [0.1, 0.15) is 11.5 Å². The van der Waals surface area contributed by atoms with Gasteiger partial charge in [-0.2, -0.15) is 0 Å². The van der Waals surface area contributed by atoms with Crippen LogP contribution in [0.5, 0.6) is 11.5 Å². The Morgan fingerprint density at radius 2 is 1.73 bits per heavy atom. The van der Waals surface area contributed by atoms with Gasteiger partial charge < -0.3 is 14.5 Å². The molecule has 0 aliphatic rings. The van der Waals surface area contributed by atoms with Crippen LogP contribution in [0.2, 0.25) is 0 Å². The number of aromatic nitrogens is 1. The summed E-state index contributed by atoms with van der Waals surface area (Å²) in [5.74, 6) is 1.18. The van der Waals surface area contributed by atoms with Crippen LogP contribution in [0.1, 0.15) is 0 Å². The Hall–Kier alpha value is -1.97. The number of fused-ring (bicyclic) bond motifs is 1. The normalized spacial score (nSPS) is 10.3. The molecule has 2 rings (SSSR count). The lowest BCUT2D eigenvalue weighted by molar-refractivity contribution is 0.409. The number of methoxy groups -OCH3 is 2. The minimum Gasteiger partial charge on any atom is -0.496 e. The Bertz CT molecular complexity index is 545. The molecule has 78 valence electrons. The number of hydrogen-bond donors (Lipinski definition) is 1. The molecule has 0 unspecified atom stereocenters. The maximum atomic E-state index is 11.7. The van der Waals surface area contributed by atoms with E-state index in [4.69, 9.17) is 9.47 Å². The van der Waals surface area contributed by atoms with Crippen LogP contribution in [0.25, 0.3) is 10.9 Å². The molecule has 4 nitrogen and oxygen atoms in total. The van der Waals surface area contributed by atoms with E-state index < -0.39 is 0 Å². The third-order valence-corrected chi connectivity index (χ3v) is 2.28. The monoisotopic (exact) mass is 205 g/mol. The largest absolute Gasteiger partial charge is 0.496 e. The zero-order chi connectivity index (χ0) is 10.8. The highest BCUT2D eigenvalue weighted by Crippen LogP contribution is 2.28. The van der Waals surface area contributed by atoms with Crippen molar-refractivity contribution in [2.24, 2.45) is 0 Å². The summed E-state index contributed by atoms with van der Waals surface area (Å²) < 4.78 is 10.3. The first-order valence-electron chi connectivity index (χ1n) is 4.50. The van der Waals surface area contributed by atoms with Gasteiger partial charge in [0.05, 0.1) is 25.1 Å². The number of pyridine rings is 1. The minimum atomic E-state index is -0.0838. The van der Waals surface area contributed by atoms with Gasteiger partial charge in [0.15, 0.2) is 5.43 Å². The fraction of sp³-hybridized carbons (Fsp3) is 0.182. The number of rotatable bonds is 2. The van der Waals surface area contributed by atoms with Crippen molar-refractivity contribution in [3.05, 3.63) is 34.6 Å². The number of aromatic amines is 1. The fourth-order valence-electron chi connectivity index (χ4n) is 1.58. The molecule has 1 N–H and O–H groups in total. The molecule has 0 spiro atoms. The van der Waals surface area contributed by atoms with Gasteiger partial charge in [0.2, 0.25) is 0 Å². The van der Waals surface area contributed by atoms with E-state index in [1.54, 1.807) is 25.4 Å². The summed E-state index contributed by atoms with van der Waals surface area (Å²) in [6.07, 6.45) is 1.59. The lowest BCUT2D eigenvalue weighted by atomic mass is 10.2. The predicted octanol–water partition coefficient (Wildman–Crippen LogP) is 1.55. The van der Waals surface area contributed by atoms with E-state index in [0.717, 1.165) is 0 Å². The van der Waals surface area contributed by atoms with E-state index in [-0.39, 0.29) is 5.43 Å². The highest BCUT2D eigenvalue weighted by atomic mass is 16.5. The van der Waals surface area contributed by atoms with Crippen molar-refractivity contribution in [1.29, 1.82) is 0 Å². The topological polar surface area (TPSA) is 51.3 Å². The van der Waals surface area contributed by atoms with Gasteiger partial charge in [-0.1, -0.05) is 0 Å². The molecule has 0 saturated heterocycles. The average molecular weight is 205 g/mol. The van der Waals surface area contributed by atoms with Crippen molar-refractivity contribution in [1.82, 2.24) is 4.98 Å². The molecule has 1 heterocycles. The lowest BCUT2D eigenvalue weighted by Crippen LogP contribution is -2.03. The standard InChI is InChI=1S/C11H11NO3/c1-14-8-3-4-9(15-2)11-10(8)7(13)5-6-12-11/h3-6H,1-2H3,(H,12,13). The lowest BCUT2D eigenvalue weighted by Gasteiger charge is -2.08. The summed E-state index contributed by atoms with van der Waals surface area (Å²) in [4.78, 5) is 14.7. The zero-order valence-electron chi connectivity index (χ0n) is 8.53. The third-order valence-electron chi connectivity index (χ3n) is 2.28. The molecule has 0 aliphatic carbocycles. The Morgan fingerprint density at radius 1 is 1.07 bits per heavy atom. The van der Waals surface area contributed by atoms with Crippen LogP contribution in [-0.4, -0.2) is 19.2 Å². The van der Waals surface area contributed by atoms with E-state index in [0.29, 0.717) is 22.4 Å². The molecule has 4 heteroatoms. The summed E-state index contributed by atoms with van der Waals surface area (Å²) in [5, 5.41) is 0.513. The molecule has 0 radical (unpaired) electrons. The molecule has 2 aromatic rings. The number of benzene rings is 1. The van der Waals surface area contributed by atoms with Gasteiger partial charge in [0, 0.05) is 12.3 Å². The predicted molar refractivity (Wildman–Crippen MR) is 57.7 cm³/mol. The van der Waals surface area contributed by atoms with Crippen molar-refractivity contribution in [2.75, 3.05) is 14.2 Å². The number of ether oxygens (including phenoxy) is 2. The number of H-pyrrole nitrogens is 1. The zero-order valence-corrected chi connectivity index (χ0v) is 8.53. The van der Waals surface area contributed by atoms with Crippen molar-refractivity contribution in [2.45, 2.75) is 0 Å². The molecule has 1 aromatic heterocycles. The molecule has 0 saturated carbocycles. The molecule has 1 aromatic carbocycles. The van der Waals surface area contributed by atoms with Gasteiger partial charge in [-0.15, -0.1) is 0 Å². The van der Waals surface area contributed by atoms with E-state index in [2.05, 4.69) is 4.98 Å². The number of nitrogens with one attached hydrogen (secondary N) is 1. The molecule has 0 fully saturated rings. The van der Waals surface area contributed by atoms with Crippen molar-refractivity contribution >= 4 is 10.9 Å². The summed E-state index contributed by atoms with van der Waals surface area (Å²) in [6.45, 7) is 0. The van der Waals surface area contributed by atoms with Crippen LogP contribution in [0.4, 0.5) is 0 Å². The Labute approximate surface area is 86.5 Å². The average Bonchev–Trinajstić information content (AvgIpc) is 2.28. The second-order valence-corrected chi connectivity index (χ2v) is 3.06. The first-order valence-corrected chi connectivity index (χ1v) is 4.50. The minimum absolute atomic E-state index is 0.0838. The van der Waals surface area contributed by atoms with Crippen molar-refractivity contribution < 1.29 is 9.47 Å². The third kappa shape index (κ3) is 1.44. The van der Waals surface area contributed by atoms with E-state index in [1.807, 2.05) is 0 Å². The second-order valence-electron chi connectivity index (χ2n) is 3.06. The van der Waals surface area contributed by atoms with Crippen LogP contribution in [0.15, 0.2) is 29.2 Å². The molecule has 15 heavy (non-hydrogen) atoms. The molecule has 0 aliphatic heterocycles. The Morgan fingerprint density at radius 3 is 2.40 bits per heavy atom. The molecular formula is C11H11NO3. The smallest absolute Gasteiger partial charge is 0.193 e. The fourth-order valence-corrected chi connectivity index (χ4v) is 1.58. The molecule has 0 amide bonds. The first kappa shape index (κ1) is 9.58. The van der Waals surface area contributed by atoms with Crippen molar-refractivity contribution in [3.63, 3.8) is 0 Å². The van der Waals surface area contributed by atoms with Crippen LogP contribution in [0, 0.1) is 0 Å². The van der Waals surface area contributed by atoms with Gasteiger partial charge in [0.25, 0.3) is 0 Å². The van der Waals surface area contributed by atoms with Gasteiger partial charge >= 0.3 is 0 Å². The summed E-state index contributed by atoms with van der Waals surface area (Å²) in [7, 11) is 3.10. The SMILES string of the molecule is COc1ccc(OC)c2c(=O)cc[nH]c12. The maximum Gasteiger partial charge on any atom is 0.193 e. The first-order chi connectivity index (χ1) is 7.27. The van der Waals surface area contributed by atoms with Gasteiger partial charge in [-0.25, -0.2) is 0 Å². The molecular weight excluding hydrogens is 194 g/mol. The van der Waals surface area contributed by atoms with Gasteiger partial charge in [-0.3, -0.25) is 4.79 Å². The van der Waals surface area contributed by atoms with E-state index in [9.17, 15) is 4.79 Å². The summed E-state index contributed by atoms with van der Waals surface area (Å²) >= 11 is 0. The Kier molecular flexibility index (Phi) is 2.33. The van der Waals surface area contributed by atoms with Crippen LogP contribution in [-0.2, 0) is 0 Å². The van der Waals surface area contributed by atoms with Crippen LogP contribution >= 0.6 is 0 Å². The molecule has 0 atom stereocenters. The Balaban J connectivity index is 2.93. The quantitative estimate of drug-likeness (QED) is 0.809. The van der Waals surface area contributed by atoms with E-state index in [1.165, 1.54) is 13.2 Å². The van der Waals surface area contributed by atoms with Crippen molar-refractivity contribution in [3.8, 4) is 11.5 Å². The highest BCUT2D eigenvalue weighted by Gasteiger charge is 2.09. The second kappa shape index (κ2) is 3.65. The maximum absolute atomic E-state index is 11.7. The highest BCUT2D eigenvalue weighted by molar-refractivity contribution is 5.89. The molecule has 0 bridgehead atoms. The van der Waals surface area contributed by atoms with Crippen LogP contribution < -0.4 is 14.9 Å². The van der Waals surface area contributed by atoms with Gasteiger partial charge in [-0.05, 0) is 12.1 Å². The summed E-state index contributed by atoms with van der Waals surface area (Å²) in [5.41, 5.74) is 0.573. The van der Waals surface area contributed by atoms with E-state index >= 15 is 0 Å². The summed E-state index contributed by atoms with van der Waals surface area (Å²) in [6, 6.07) is 4.94. The van der Waals surface area contributed by atoms with Crippen LogP contribution in [0.3, 0.4) is 0 Å².